The quantitative estimate of drug-likeness (QED) is 0.858. The Hall–Kier alpha value is -2.38. The number of aliphatic carboxylic acids is 1. The van der Waals surface area contributed by atoms with Crippen LogP contribution in [0.15, 0.2) is 36.7 Å². The molecule has 1 fully saturated rings. The molecule has 0 saturated carbocycles. The monoisotopic (exact) mass is 376 g/mol. The van der Waals surface area contributed by atoms with Crippen LogP contribution in [0.2, 0.25) is 5.02 Å². The molecule has 1 saturated heterocycles. The van der Waals surface area contributed by atoms with Crippen molar-refractivity contribution in [2.45, 2.75) is 12.5 Å². The fourth-order valence-electron chi connectivity index (χ4n) is 3.25. The first-order valence-corrected chi connectivity index (χ1v) is 8.80. The summed E-state index contributed by atoms with van der Waals surface area (Å²) in [4.78, 5) is 24.7. The van der Waals surface area contributed by atoms with Crippen LogP contribution in [0.25, 0.3) is 0 Å². The Balaban J connectivity index is 1.83. The summed E-state index contributed by atoms with van der Waals surface area (Å²) in [6, 6.07) is 6.02. The number of carboxylic acids is 1. The Kier molecular flexibility index (Phi) is 5.90. The van der Waals surface area contributed by atoms with E-state index in [1.807, 2.05) is 4.90 Å². The second-order valence-electron chi connectivity index (χ2n) is 6.05. The Morgan fingerprint density at radius 3 is 2.69 bits per heavy atom. The number of nitrogens with zero attached hydrogens (tertiary/aromatic N) is 4. The van der Waals surface area contributed by atoms with Gasteiger partial charge in [-0.1, -0.05) is 11.6 Å². The van der Waals surface area contributed by atoms with E-state index in [2.05, 4.69) is 14.9 Å². The number of anilines is 1. The van der Waals surface area contributed by atoms with Gasteiger partial charge >= 0.3 is 5.97 Å². The first-order chi connectivity index (χ1) is 12.6. The lowest BCUT2D eigenvalue weighted by atomic mass is 10.0. The van der Waals surface area contributed by atoms with Gasteiger partial charge in [0.2, 0.25) is 5.95 Å². The van der Waals surface area contributed by atoms with Gasteiger partial charge in [-0.3, -0.25) is 9.69 Å². The molecule has 26 heavy (non-hydrogen) atoms. The van der Waals surface area contributed by atoms with Crippen LogP contribution in [0.1, 0.15) is 18.0 Å². The van der Waals surface area contributed by atoms with Gasteiger partial charge in [0.15, 0.2) is 0 Å². The van der Waals surface area contributed by atoms with Gasteiger partial charge < -0.3 is 14.7 Å². The molecule has 7 nitrogen and oxygen atoms in total. The number of ether oxygens (including phenoxy) is 1. The van der Waals surface area contributed by atoms with E-state index < -0.39 is 12.0 Å². The summed E-state index contributed by atoms with van der Waals surface area (Å²) in [5, 5.41) is 10.4. The molecular formula is C18H21ClN4O3. The summed E-state index contributed by atoms with van der Waals surface area (Å²) in [5.74, 6) is 0.269. The van der Waals surface area contributed by atoms with Crippen molar-refractivity contribution in [1.29, 1.82) is 0 Å². The molecule has 1 aliphatic rings. The van der Waals surface area contributed by atoms with Gasteiger partial charge in [0.1, 0.15) is 11.8 Å². The number of halogens is 1. The molecule has 1 aromatic heterocycles. The Morgan fingerprint density at radius 2 is 2.00 bits per heavy atom. The Labute approximate surface area is 157 Å². The molecule has 1 aliphatic heterocycles. The number of hydrogen-bond acceptors (Lipinski definition) is 6. The van der Waals surface area contributed by atoms with Crippen molar-refractivity contribution >= 4 is 23.5 Å². The summed E-state index contributed by atoms with van der Waals surface area (Å²) in [6.07, 6.45) is 4.23. The van der Waals surface area contributed by atoms with Crippen LogP contribution in [0.3, 0.4) is 0 Å². The van der Waals surface area contributed by atoms with E-state index >= 15 is 0 Å². The predicted molar refractivity (Wildman–Crippen MR) is 98.8 cm³/mol. The third-order valence-corrected chi connectivity index (χ3v) is 4.69. The van der Waals surface area contributed by atoms with Gasteiger partial charge in [-0.15, -0.1) is 0 Å². The van der Waals surface area contributed by atoms with Crippen molar-refractivity contribution in [3.8, 4) is 5.75 Å². The molecule has 1 N–H and O–H groups in total. The number of hydrogen-bond donors (Lipinski definition) is 1. The van der Waals surface area contributed by atoms with E-state index in [-0.39, 0.29) is 0 Å². The van der Waals surface area contributed by atoms with Crippen LogP contribution < -0.4 is 9.64 Å². The highest BCUT2D eigenvalue weighted by Crippen LogP contribution is 2.33. The first kappa shape index (κ1) is 18.4. The normalized spacial score (nSPS) is 16.8. The molecule has 0 amide bonds. The third kappa shape index (κ3) is 4.05. The molecule has 0 bridgehead atoms. The third-order valence-electron chi connectivity index (χ3n) is 4.45. The van der Waals surface area contributed by atoms with E-state index in [1.165, 1.54) is 7.11 Å². The Morgan fingerprint density at radius 1 is 1.23 bits per heavy atom. The van der Waals surface area contributed by atoms with Crippen LogP contribution >= 0.6 is 11.6 Å². The van der Waals surface area contributed by atoms with Gasteiger partial charge in [0, 0.05) is 49.2 Å². The minimum atomic E-state index is -0.921. The SMILES string of the molecule is COc1ccc(Cl)cc1[C@@H](C(=O)O)N1CCCN(c2ncccn2)CC1. The van der Waals surface area contributed by atoms with Crippen molar-refractivity contribution in [3.63, 3.8) is 0 Å². The molecule has 2 aromatic rings. The summed E-state index contributed by atoms with van der Waals surface area (Å²) >= 11 is 6.11. The fraction of sp³-hybridized carbons (Fsp3) is 0.389. The largest absolute Gasteiger partial charge is 0.496 e. The van der Waals surface area contributed by atoms with Gasteiger partial charge in [0.25, 0.3) is 0 Å². The maximum Gasteiger partial charge on any atom is 0.325 e. The smallest absolute Gasteiger partial charge is 0.325 e. The zero-order chi connectivity index (χ0) is 18.5. The standard InChI is InChI=1S/C18H21ClN4O3/c1-26-15-5-4-13(19)12-14(15)16(17(24)25)22-8-3-9-23(11-10-22)18-20-6-2-7-21-18/h2,4-7,12,16H,3,8-11H2,1H3,(H,24,25)/t16-/m0/s1. The molecule has 1 atom stereocenters. The first-order valence-electron chi connectivity index (χ1n) is 8.42. The zero-order valence-corrected chi connectivity index (χ0v) is 15.3. The topological polar surface area (TPSA) is 78.8 Å². The van der Waals surface area contributed by atoms with Gasteiger partial charge in [0.05, 0.1) is 7.11 Å². The van der Waals surface area contributed by atoms with Crippen LogP contribution in [0, 0.1) is 0 Å². The number of aromatic nitrogens is 2. The van der Waals surface area contributed by atoms with Gasteiger partial charge in [-0.2, -0.15) is 0 Å². The van der Waals surface area contributed by atoms with Crippen LogP contribution in [0.5, 0.6) is 5.75 Å². The minimum absolute atomic E-state index is 0.487. The van der Waals surface area contributed by atoms with Crippen molar-refractivity contribution in [2.24, 2.45) is 0 Å². The number of benzene rings is 1. The fourth-order valence-corrected chi connectivity index (χ4v) is 3.44. The highest BCUT2D eigenvalue weighted by molar-refractivity contribution is 6.30. The van der Waals surface area contributed by atoms with Gasteiger partial charge in [-0.05, 0) is 30.7 Å². The van der Waals surface area contributed by atoms with E-state index in [0.717, 1.165) is 13.0 Å². The van der Waals surface area contributed by atoms with Crippen molar-refractivity contribution < 1.29 is 14.6 Å². The number of methoxy groups -OCH3 is 1. The van der Waals surface area contributed by atoms with E-state index in [9.17, 15) is 9.90 Å². The van der Waals surface area contributed by atoms with E-state index in [1.54, 1.807) is 36.7 Å². The summed E-state index contributed by atoms with van der Waals surface area (Å²) < 4.78 is 5.36. The van der Waals surface area contributed by atoms with Crippen LogP contribution in [-0.4, -0.2) is 59.2 Å². The predicted octanol–water partition coefficient (Wildman–Crippen LogP) is 2.48. The van der Waals surface area contributed by atoms with E-state index in [0.29, 0.717) is 41.9 Å². The highest BCUT2D eigenvalue weighted by atomic mass is 35.5. The molecule has 0 unspecified atom stereocenters. The number of carbonyl (C=O) groups is 1. The summed E-state index contributed by atoms with van der Waals surface area (Å²) in [5.41, 5.74) is 0.567. The Bertz CT molecular complexity index is 759. The van der Waals surface area contributed by atoms with E-state index in [4.69, 9.17) is 16.3 Å². The molecule has 2 heterocycles. The maximum atomic E-state index is 12.1. The molecule has 138 valence electrons. The summed E-state index contributed by atoms with van der Waals surface area (Å²) in [7, 11) is 1.53. The lowest BCUT2D eigenvalue weighted by Gasteiger charge is -2.29. The number of rotatable bonds is 5. The van der Waals surface area contributed by atoms with Crippen LogP contribution in [-0.2, 0) is 4.79 Å². The molecule has 0 radical (unpaired) electrons. The number of carboxylic acid groups (broad SMARTS) is 1. The summed E-state index contributed by atoms with van der Waals surface area (Å²) in [6.45, 7) is 2.65. The minimum Gasteiger partial charge on any atom is -0.496 e. The second kappa shape index (κ2) is 8.33. The average molecular weight is 377 g/mol. The van der Waals surface area contributed by atoms with Crippen molar-refractivity contribution in [1.82, 2.24) is 14.9 Å². The van der Waals surface area contributed by atoms with Crippen LogP contribution in [0.4, 0.5) is 5.95 Å². The molecule has 1 aromatic carbocycles. The molecule has 3 rings (SSSR count). The van der Waals surface area contributed by atoms with Gasteiger partial charge in [-0.25, -0.2) is 9.97 Å². The van der Waals surface area contributed by atoms with Crippen molar-refractivity contribution in [3.05, 3.63) is 47.2 Å². The van der Waals surface area contributed by atoms with Crippen molar-refractivity contribution in [2.75, 3.05) is 38.2 Å². The molecular weight excluding hydrogens is 356 g/mol. The second-order valence-corrected chi connectivity index (χ2v) is 6.49. The average Bonchev–Trinajstić information content (AvgIpc) is 2.89. The molecule has 0 spiro atoms. The highest BCUT2D eigenvalue weighted by Gasteiger charge is 2.32. The lowest BCUT2D eigenvalue weighted by molar-refractivity contribution is -0.143. The molecule has 0 aliphatic carbocycles. The lowest BCUT2D eigenvalue weighted by Crippen LogP contribution is -2.37. The zero-order valence-electron chi connectivity index (χ0n) is 14.5. The maximum absolute atomic E-state index is 12.1. The molecule has 8 heteroatoms.